The van der Waals surface area contributed by atoms with Gasteiger partial charge in [-0.1, -0.05) is 13.8 Å². The first-order chi connectivity index (χ1) is 7.11. The zero-order chi connectivity index (χ0) is 11.3. The molecule has 1 fully saturated rings. The first-order valence-corrected chi connectivity index (χ1v) is 5.54. The van der Waals surface area contributed by atoms with E-state index < -0.39 is 12.1 Å². The molecule has 0 aromatic rings. The van der Waals surface area contributed by atoms with E-state index in [1.165, 1.54) is 0 Å². The Labute approximate surface area is 90.4 Å². The van der Waals surface area contributed by atoms with Gasteiger partial charge in [0, 0.05) is 0 Å². The molecule has 15 heavy (non-hydrogen) atoms. The molecule has 1 aliphatic carbocycles. The zero-order valence-electron chi connectivity index (χ0n) is 9.36. The van der Waals surface area contributed by atoms with E-state index in [9.17, 15) is 9.59 Å². The average molecular weight is 213 g/mol. The summed E-state index contributed by atoms with van der Waals surface area (Å²) in [4.78, 5) is 22.0. The van der Waals surface area contributed by atoms with Crippen LogP contribution in [0.25, 0.3) is 0 Å². The Morgan fingerprint density at radius 1 is 1.53 bits per heavy atom. The van der Waals surface area contributed by atoms with Gasteiger partial charge in [-0.15, -0.1) is 0 Å². The molecule has 0 bridgehead atoms. The monoisotopic (exact) mass is 213 g/mol. The van der Waals surface area contributed by atoms with Crippen LogP contribution in [0.4, 0.5) is 4.79 Å². The largest absolute Gasteiger partial charge is 0.446 e. The molecule has 4 heteroatoms. The minimum atomic E-state index is -0.461. The summed E-state index contributed by atoms with van der Waals surface area (Å²) in [5, 5.41) is 2.57. The number of hydrogen-bond acceptors (Lipinski definition) is 3. The van der Waals surface area contributed by atoms with Gasteiger partial charge in [-0.3, -0.25) is 0 Å². The van der Waals surface area contributed by atoms with Gasteiger partial charge in [0.2, 0.25) is 0 Å². The second kappa shape index (κ2) is 5.73. The fraction of sp³-hybridized carbons (Fsp3) is 0.818. The molecule has 1 atom stereocenters. The van der Waals surface area contributed by atoms with Crippen molar-refractivity contribution < 1.29 is 14.3 Å². The molecule has 0 unspecified atom stereocenters. The smallest absolute Gasteiger partial charge is 0.407 e. The molecule has 0 radical (unpaired) electrons. The number of alkyl carbamates (subject to hydrolysis) is 1. The summed E-state index contributed by atoms with van der Waals surface area (Å²) in [6.07, 6.45) is 4.05. The maximum atomic E-state index is 11.3. The van der Waals surface area contributed by atoms with Crippen molar-refractivity contribution in [3.05, 3.63) is 0 Å². The van der Waals surface area contributed by atoms with Gasteiger partial charge in [0.05, 0.1) is 6.04 Å². The van der Waals surface area contributed by atoms with Gasteiger partial charge in [-0.05, 0) is 31.6 Å². The van der Waals surface area contributed by atoms with Crippen molar-refractivity contribution in [2.45, 2.75) is 51.7 Å². The number of rotatable bonds is 5. The van der Waals surface area contributed by atoms with Crippen LogP contribution >= 0.6 is 0 Å². The number of ether oxygens (including phenoxy) is 1. The van der Waals surface area contributed by atoms with Gasteiger partial charge in [0.15, 0.2) is 0 Å². The summed E-state index contributed by atoms with van der Waals surface area (Å²) in [6, 6.07) is -0.419. The Bertz CT molecular complexity index is 224. The third-order valence-corrected chi connectivity index (χ3v) is 2.52. The second-order valence-electron chi connectivity index (χ2n) is 4.47. The highest BCUT2D eigenvalue weighted by Crippen LogP contribution is 2.21. The lowest BCUT2D eigenvalue weighted by molar-refractivity contribution is -0.109. The standard InChI is InChI=1S/C11H19NO3/c1-8(2)6-9(7-13)12-11(14)15-10-4-3-5-10/h7-10H,3-6H2,1-2H3,(H,12,14)/t9-/m0/s1. The van der Waals surface area contributed by atoms with Gasteiger partial charge in [-0.2, -0.15) is 0 Å². The number of carbonyl (C=O) groups is 2. The summed E-state index contributed by atoms with van der Waals surface area (Å²) < 4.78 is 5.09. The van der Waals surface area contributed by atoms with Crippen LogP contribution in [0.2, 0.25) is 0 Å². The Kier molecular flexibility index (Phi) is 4.59. The molecule has 1 N–H and O–H groups in total. The van der Waals surface area contributed by atoms with Crippen LogP contribution in [0.15, 0.2) is 0 Å². The highest BCUT2D eigenvalue weighted by molar-refractivity contribution is 5.73. The van der Waals surface area contributed by atoms with E-state index in [2.05, 4.69) is 5.32 Å². The summed E-state index contributed by atoms with van der Waals surface area (Å²) in [7, 11) is 0. The number of hydrogen-bond donors (Lipinski definition) is 1. The molecule has 0 aromatic heterocycles. The molecule has 1 saturated carbocycles. The van der Waals surface area contributed by atoms with Crippen molar-refractivity contribution in [3.8, 4) is 0 Å². The van der Waals surface area contributed by atoms with Crippen LogP contribution in [0.1, 0.15) is 39.5 Å². The van der Waals surface area contributed by atoms with E-state index in [1.807, 2.05) is 13.8 Å². The van der Waals surface area contributed by atoms with Gasteiger partial charge in [-0.25, -0.2) is 4.79 Å². The van der Waals surface area contributed by atoms with E-state index >= 15 is 0 Å². The van der Waals surface area contributed by atoms with Crippen molar-refractivity contribution in [2.75, 3.05) is 0 Å². The Hall–Kier alpha value is -1.06. The molecule has 0 heterocycles. The molecule has 0 spiro atoms. The Balaban J connectivity index is 2.23. The van der Waals surface area contributed by atoms with Crippen LogP contribution < -0.4 is 5.32 Å². The van der Waals surface area contributed by atoms with Crippen molar-refractivity contribution in [2.24, 2.45) is 5.92 Å². The maximum Gasteiger partial charge on any atom is 0.407 e. The second-order valence-corrected chi connectivity index (χ2v) is 4.47. The molecular weight excluding hydrogens is 194 g/mol. The average Bonchev–Trinajstić information content (AvgIpc) is 2.09. The van der Waals surface area contributed by atoms with E-state index in [-0.39, 0.29) is 6.10 Å². The Morgan fingerprint density at radius 3 is 2.60 bits per heavy atom. The van der Waals surface area contributed by atoms with Crippen molar-refractivity contribution >= 4 is 12.4 Å². The summed E-state index contributed by atoms with van der Waals surface area (Å²) >= 11 is 0. The van der Waals surface area contributed by atoms with E-state index in [4.69, 9.17) is 4.74 Å². The van der Waals surface area contributed by atoms with Crippen LogP contribution in [-0.4, -0.2) is 24.5 Å². The normalized spacial score (nSPS) is 18.1. The molecule has 0 aromatic carbocycles. The fourth-order valence-electron chi connectivity index (χ4n) is 1.48. The molecule has 0 saturated heterocycles. The van der Waals surface area contributed by atoms with Crippen LogP contribution in [0, 0.1) is 5.92 Å². The number of carbonyl (C=O) groups excluding carboxylic acids is 2. The van der Waals surface area contributed by atoms with Crippen LogP contribution in [0.3, 0.4) is 0 Å². The van der Waals surface area contributed by atoms with Crippen molar-refractivity contribution in [3.63, 3.8) is 0 Å². The molecule has 1 amide bonds. The lowest BCUT2D eigenvalue weighted by atomic mass is 9.96. The number of aldehydes is 1. The van der Waals surface area contributed by atoms with E-state index in [0.717, 1.165) is 25.5 Å². The maximum absolute atomic E-state index is 11.3. The lowest BCUT2D eigenvalue weighted by Crippen LogP contribution is -2.40. The van der Waals surface area contributed by atoms with Gasteiger partial charge >= 0.3 is 6.09 Å². The predicted octanol–water partition coefficient (Wildman–Crippen LogP) is 1.88. The van der Waals surface area contributed by atoms with Gasteiger partial charge < -0.3 is 14.8 Å². The number of amides is 1. The molecule has 1 rings (SSSR count). The third-order valence-electron chi connectivity index (χ3n) is 2.52. The minimum Gasteiger partial charge on any atom is -0.446 e. The molecule has 0 aliphatic heterocycles. The third kappa shape index (κ3) is 4.32. The van der Waals surface area contributed by atoms with Gasteiger partial charge in [0.25, 0.3) is 0 Å². The first kappa shape index (κ1) is 12.0. The van der Waals surface area contributed by atoms with Crippen LogP contribution in [0.5, 0.6) is 0 Å². The fourth-order valence-corrected chi connectivity index (χ4v) is 1.48. The quantitative estimate of drug-likeness (QED) is 0.709. The highest BCUT2D eigenvalue weighted by atomic mass is 16.6. The zero-order valence-corrected chi connectivity index (χ0v) is 9.36. The summed E-state index contributed by atoms with van der Waals surface area (Å²) in [5.74, 6) is 0.379. The first-order valence-electron chi connectivity index (χ1n) is 5.54. The van der Waals surface area contributed by atoms with Crippen molar-refractivity contribution in [1.82, 2.24) is 5.32 Å². The van der Waals surface area contributed by atoms with E-state index in [1.54, 1.807) is 0 Å². The van der Waals surface area contributed by atoms with Gasteiger partial charge in [0.1, 0.15) is 12.4 Å². The van der Waals surface area contributed by atoms with Crippen molar-refractivity contribution in [1.29, 1.82) is 0 Å². The molecule has 86 valence electrons. The predicted molar refractivity (Wildman–Crippen MR) is 56.6 cm³/mol. The molecule has 1 aliphatic rings. The Morgan fingerprint density at radius 2 is 2.20 bits per heavy atom. The van der Waals surface area contributed by atoms with Crippen LogP contribution in [-0.2, 0) is 9.53 Å². The number of nitrogens with one attached hydrogen (secondary N) is 1. The highest BCUT2D eigenvalue weighted by Gasteiger charge is 2.23. The summed E-state index contributed by atoms with van der Waals surface area (Å²) in [5.41, 5.74) is 0. The lowest BCUT2D eigenvalue weighted by Gasteiger charge is -2.26. The topological polar surface area (TPSA) is 55.4 Å². The van der Waals surface area contributed by atoms with E-state index in [0.29, 0.717) is 12.3 Å². The SMILES string of the molecule is CC(C)C[C@@H](C=O)NC(=O)OC1CCC1. The molecule has 4 nitrogen and oxygen atoms in total. The molecular formula is C11H19NO3. The summed E-state index contributed by atoms with van der Waals surface area (Å²) in [6.45, 7) is 4.02. The minimum absolute atomic E-state index is 0.0661.